The minimum Gasteiger partial charge on any atom is -0.335 e. The summed E-state index contributed by atoms with van der Waals surface area (Å²) in [7, 11) is 0. The summed E-state index contributed by atoms with van der Waals surface area (Å²) in [5.41, 5.74) is 2.65. The molecule has 3 aromatic rings. The summed E-state index contributed by atoms with van der Waals surface area (Å²) >= 11 is 7.58. The van der Waals surface area contributed by atoms with Gasteiger partial charge < -0.3 is 10.2 Å². The van der Waals surface area contributed by atoms with Gasteiger partial charge in [-0.2, -0.15) is 0 Å². The molecule has 2 heterocycles. The molecular formula is C23H22ClN3O2S. The summed E-state index contributed by atoms with van der Waals surface area (Å²) in [6.45, 7) is 2.80. The number of nitrogens with zero attached hydrogens (tertiary/aromatic N) is 2. The average molecular weight is 440 g/mol. The molecule has 1 fully saturated rings. The van der Waals surface area contributed by atoms with Gasteiger partial charge in [-0.25, -0.2) is 0 Å². The van der Waals surface area contributed by atoms with Crippen molar-refractivity contribution in [2.45, 2.75) is 0 Å². The van der Waals surface area contributed by atoms with E-state index in [9.17, 15) is 9.59 Å². The van der Waals surface area contributed by atoms with E-state index in [0.717, 1.165) is 16.0 Å². The van der Waals surface area contributed by atoms with Gasteiger partial charge in [0.1, 0.15) is 0 Å². The molecule has 0 saturated carbocycles. The highest BCUT2D eigenvalue weighted by Crippen LogP contribution is 2.29. The number of benzene rings is 2. The molecule has 7 heteroatoms. The Kier molecular flexibility index (Phi) is 6.47. The SMILES string of the molecule is O=C(CN1CCN(C(=O)c2sccc2-c2ccccc2)CC1)Nc1ccccc1Cl. The Morgan fingerprint density at radius 3 is 2.37 bits per heavy atom. The molecule has 154 valence electrons. The van der Waals surface area contributed by atoms with Gasteiger partial charge in [0.2, 0.25) is 5.91 Å². The van der Waals surface area contributed by atoms with E-state index in [0.29, 0.717) is 36.9 Å². The zero-order valence-corrected chi connectivity index (χ0v) is 18.0. The molecule has 1 N–H and O–H groups in total. The number of hydrogen-bond acceptors (Lipinski definition) is 4. The van der Waals surface area contributed by atoms with Crippen LogP contribution < -0.4 is 5.32 Å². The van der Waals surface area contributed by atoms with Crippen molar-refractivity contribution >= 4 is 40.4 Å². The third-order valence-corrected chi connectivity index (χ3v) is 6.35. The number of halogens is 1. The van der Waals surface area contributed by atoms with Crippen LogP contribution in [0.15, 0.2) is 66.0 Å². The lowest BCUT2D eigenvalue weighted by atomic mass is 10.1. The van der Waals surface area contributed by atoms with Crippen LogP contribution in [0.1, 0.15) is 9.67 Å². The first kappa shape index (κ1) is 20.6. The summed E-state index contributed by atoms with van der Waals surface area (Å²) in [4.78, 5) is 30.1. The van der Waals surface area contributed by atoms with Gasteiger partial charge in [-0.3, -0.25) is 14.5 Å². The van der Waals surface area contributed by atoms with Crippen molar-refractivity contribution in [3.05, 3.63) is 75.9 Å². The Morgan fingerprint density at radius 2 is 1.63 bits per heavy atom. The van der Waals surface area contributed by atoms with Crippen LogP contribution in [0.4, 0.5) is 5.69 Å². The number of para-hydroxylation sites is 1. The number of carbonyl (C=O) groups is 2. The van der Waals surface area contributed by atoms with Crippen molar-refractivity contribution < 1.29 is 9.59 Å². The molecule has 2 aromatic carbocycles. The molecule has 0 radical (unpaired) electrons. The third kappa shape index (κ3) is 4.73. The lowest BCUT2D eigenvalue weighted by molar-refractivity contribution is -0.117. The van der Waals surface area contributed by atoms with Gasteiger partial charge in [0.15, 0.2) is 0 Å². The molecule has 1 aromatic heterocycles. The molecule has 1 saturated heterocycles. The van der Waals surface area contributed by atoms with Crippen LogP contribution in [-0.2, 0) is 4.79 Å². The topological polar surface area (TPSA) is 52.7 Å². The fourth-order valence-electron chi connectivity index (χ4n) is 3.53. The molecule has 30 heavy (non-hydrogen) atoms. The van der Waals surface area contributed by atoms with Crippen molar-refractivity contribution in [2.75, 3.05) is 38.0 Å². The fourth-order valence-corrected chi connectivity index (χ4v) is 4.59. The second-order valence-electron chi connectivity index (χ2n) is 7.13. The van der Waals surface area contributed by atoms with Gasteiger partial charge in [-0.05, 0) is 29.1 Å². The van der Waals surface area contributed by atoms with Crippen LogP contribution >= 0.6 is 22.9 Å². The highest BCUT2D eigenvalue weighted by atomic mass is 35.5. The molecule has 1 aliphatic rings. The molecule has 0 spiro atoms. The Labute approximate surface area is 184 Å². The maximum atomic E-state index is 13.1. The van der Waals surface area contributed by atoms with E-state index in [1.165, 1.54) is 11.3 Å². The minimum atomic E-state index is -0.104. The summed E-state index contributed by atoms with van der Waals surface area (Å²) in [6, 6.07) is 19.2. The van der Waals surface area contributed by atoms with Crippen molar-refractivity contribution in [1.82, 2.24) is 9.80 Å². The number of thiophene rings is 1. The van der Waals surface area contributed by atoms with Crippen molar-refractivity contribution in [3.63, 3.8) is 0 Å². The quantitative estimate of drug-likeness (QED) is 0.638. The zero-order valence-electron chi connectivity index (χ0n) is 16.4. The molecule has 0 bridgehead atoms. The van der Waals surface area contributed by atoms with Gasteiger partial charge in [0.05, 0.1) is 22.1 Å². The van der Waals surface area contributed by atoms with Crippen molar-refractivity contribution in [2.24, 2.45) is 0 Å². The van der Waals surface area contributed by atoms with Gasteiger partial charge in [-0.15, -0.1) is 11.3 Å². The first-order chi connectivity index (χ1) is 14.6. The van der Waals surface area contributed by atoms with Crippen LogP contribution in [0.5, 0.6) is 0 Å². The van der Waals surface area contributed by atoms with E-state index in [2.05, 4.69) is 10.2 Å². The van der Waals surface area contributed by atoms with E-state index in [4.69, 9.17) is 11.6 Å². The van der Waals surface area contributed by atoms with Gasteiger partial charge in [0, 0.05) is 31.7 Å². The maximum Gasteiger partial charge on any atom is 0.264 e. The molecule has 0 aliphatic carbocycles. The van der Waals surface area contributed by atoms with E-state index in [1.807, 2.05) is 58.8 Å². The largest absolute Gasteiger partial charge is 0.335 e. The number of carbonyl (C=O) groups excluding carboxylic acids is 2. The molecule has 0 atom stereocenters. The standard InChI is InChI=1S/C23H22ClN3O2S/c24-19-8-4-5-9-20(19)25-21(28)16-26-11-13-27(14-12-26)23(29)22-18(10-15-30-22)17-6-2-1-3-7-17/h1-10,15H,11-14,16H2,(H,25,28). The maximum absolute atomic E-state index is 13.1. The summed E-state index contributed by atoms with van der Waals surface area (Å²) < 4.78 is 0. The number of nitrogens with one attached hydrogen (secondary N) is 1. The number of hydrogen-bond donors (Lipinski definition) is 1. The minimum absolute atomic E-state index is 0.0593. The van der Waals surface area contributed by atoms with E-state index in [-0.39, 0.29) is 18.4 Å². The van der Waals surface area contributed by atoms with Crippen LogP contribution in [0.2, 0.25) is 5.02 Å². The van der Waals surface area contributed by atoms with Gasteiger partial charge in [-0.1, -0.05) is 54.1 Å². The number of rotatable bonds is 5. The summed E-state index contributed by atoms with van der Waals surface area (Å²) in [6.07, 6.45) is 0. The Balaban J connectivity index is 1.33. The summed E-state index contributed by atoms with van der Waals surface area (Å²) in [5, 5.41) is 5.33. The van der Waals surface area contributed by atoms with Crippen LogP contribution in [0.25, 0.3) is 11.1 Å². The summed E-state index contributed by atoms with van der Waals surface area (Å²) in [5.74, 6) is -0.0449. The van der Waals surface area contributed by atoms with Crippen LogP contribution in [0.3, 0.4) is 0 Å². The lowest BCUT2D eigenvalue weighted by Crippen LogP contribution is -2.50. The highest BCUT2D eigenvalue weighted by molar-refractivity contribution is 7.12. The Morgan fingerprint density at radius 1 is 0.933 bits per heavy atom. The first-order valence-corrected chi connectivity index (χ1v) is 11.1. The van der Waals surface area contributed by atoms with Crippen LogP contribution in [0, 0.1) is 0 Å². The van der Waals surface area contributed by atoms with Gasteiger partial charge >= 0.3 is 0 Å². The van der Waals surface area contributed by atoms with E-state index in [1.54, 1.807) is 12.1 Å². The molecule has 2 amide bonds. The van der Waals surface area contributed by atoms with Gasteiger partial charge in [0.25, 0.3) is 5.91 Å². The average Bonchev–Trinajstić information content (AvgIpc) is 3.26. The van der Waals surface area contributed by atoms with Crippen molar-refractivity contribution in [1.29, 1.82) is 0 Å². The molecular weight excluding hydrogens is 418 g/mol. The van der Waals surface area contributed by atoms with Crippen LogP contribution in [-0.4, -0.2) is 54.3 Å². The molecule has 1 aliphatic heterocycles. The number of amides is 2. The predicted octanol–water partition coefficient (Wildman–Crippen LogP) is 4.47. The van der Waals surface area contributed by atoms with E-state index < -0.39 is 0 Å². The molecule has 5 nitrogen and oxygen atoms in total. The molecule has 0 unspecified atom stereocenters. The monoisotopic (exact) mass is 439 g/mol. The lowest BCUT2D eigenvalue weighted by Gasteiger charge is -2.34. The Hall–Kier alpha value is -2.67. The normalized spacial score (nSPS) is 14.5. The smallest absolute Gasteiger partial charge is 0.264 e. The number of piperazine rings is 1. The number of anilines is 1. The zero-order chi connectivity index (χ0) is 20.9. The second kappa shape index (κ2) is 9.43. The third-order valence-electron chi connectivity index (χ3n) is 5.12. The molecule has 4 rings (SSSR count). The van der Waals surface area contributed by atoms with E-state index >= 15 is 0 Å². The first-order valence-electron chi connectivity index (χ1n) is 9.81. The second-order valence-corrected chi connectivity index (χ2v) is 8.45. The Bertz CT molecular complexity index is 1030. The highest BCUT2D eigenvalue weighted by Gasteiger charge is 2.26. The fraction of sp³-hybridized carbons (Fsp3) is 0.217. The predicted molar refractivity (Wildman–Crippen MR) is 122 cm³/mol. The van der Waals surface area contributed by atoms with Crippen molar-refractivity contribution in [3.8, 4) is 11.1 Å².